The molecule has 0 saturated carbocycles. The maximum atomic E-state index is 5.84. The fraction of sp³-hybridized carbons (Fsp3) is 0.438. The van der Waals surface area contributed by atoms with Crippen LogP contribution in [-0.2, 0) is 6.42 Å². The van der Waals surface area contributed by atoms with Crippen molar-refractivity contribution in [2.45, 2.75) is 27.2 Å². The van der Waals surface area contributed by atoms with E-state index < -0.39 is 0 Å². The van der Waals surface area contributed by atoms with Crippen LogP contribution in [0.25, 0.3) is 10.9 Å². The van der Waals surface area contributed by atoms with Crippen molar-refractivity contribution in [2.24, 2.45) is 11.1 Å². The van der Waals surface area contributed by atoms with Crippen LogP contribution in [-0.4, -0.2) is 18.6 Å². The smallest absolute Gasteiger partial charge is 0.130 e. The van der Waals surface area contributed by atoms with Gasteiger partial charge in [0.2, 0.25) is 0 Å². The van der Waals surface area contributed by atoms with E-state index in [0.29, 0.717) is 6.54 Å². The standard InChI is InChI=1S/C16H22N2O/c1-11-8-14(19-4)13-7-5-6-12(15(13)18-11)9-16(2,3)10-17/h5-8H,9-10,17H2,1-4H3. The van der Waals surface area contributed by atoms with Crippen molar-refractivity contribution < 1.29 is 4.74 Å². The van der Waals surface area contributed by atoms with Gasteiger partial charge < -0.3 is 10.5 Å². The van der Waals surface area contributed by atoms with Gasteiger partial charge in [0.05, 0.1) is 12.6 Å². The number of ether oxygens (including phenoxy) is 1. The molecule has 0 atom stereocenters. The summed E-state index contributed by atoms with van der Waals surface area (Å²) in [5.74, 6) is 0.884. The zero-order valence-corrected chi connectivity index (χ0v) is 12.2. The third-order valence-electron chi connectivity index (χ3n) is 3.45. The number of nitrogens with two attached hydrogens (primary N) is 1. The van der Waals surface area contributed by atoms with E-state index in [1.54, 1.807) is 7.11 Å². The number of benzene rings is 1. The molecule has 0 aliphatic heterocycles. The molecule has 3 nitrogen and oxygen atoms in total. The molecule has 0 radical (unpaired) electrons. The zero-order chi connectivity index (χ0) is 14.0. The van der Waals surface area contributed by atoms with Crippen LogP contribution in [0.1, 0.15) is 25.1 Å². The fourth-order valence-electron chi connectivity index (χ4n) is 2.30. The van der Waals surface area contributed by atoms with Gasteiger partial charge in [0.15, 0.2) is 0 Å². The lowest BCUT2D eigenvalue weighted by molar-refractivity contribution is 0.377. The Bertz CT molecular complexity index is 591. The van der Waals surface area contributed by atoms with Crippen molar-refractivity contribution in [2.75, 3.05) is 13.7 Å². The van der Waals surface area contributed by atoms with E-state index in [-0.39, 0.29) is 5.41 Å². The lowest BCUT2D eigenvalue weighted by atomic mass is 9.85. The molecule has 3 heteroatoms. The summed E-state index contributed by atoms with van der Waals surface area (Å²) in [5.41, 5.74) is 9.15. The Kier molecular flexibility index (Phi) is 3.76. The second-order valence-electron chi connectivity index (χ2n) is 5.82. The van der Waals surface area contributed by atoms with Gasteiger partial charge in [-0.2, -0.15) is 0 Å². The first-order valence-corrected chi connectivity index (χ1v) is 6.60. The summed E-state index contributed by atoms with van der Waals surface area (Å²) in [6, 6.07) is 8.22. The van der Waals surface area contributed by atoms with Gasteiger partial charge in [-0.1, -0.05) is 26.0 Å². The Balaban J connectivity index is 2.60. The Morgan fingerprint density at radius 1 is 1.32 bits per heavy atom. The maximum absolute atomic E-state index is 5.84. The number of hydrogen-bond donors (Lipinski definition) is 1. The van der Waals surface area contributed by atoms with E-state index in [9.17, 15) is 0 Å². The largest absolute Gasteiger partial charge is 0.496 e. The predicted molar refractivity (Wildman–Crippen MR) is 79.6 cm³/mol. The molecule has 1 aromatic heterocycles. The molecule has 1 aromatic carbocycles. The highest BCUT2D eigenvalue weighted by atomic mass is 16.5. The molecule has 0 aliphatic carbocycles. The average molecular weight is 258 g/mol. The Labute approximate surface area is 114 Å². The summed E-state index contributed by atoms with van der Waals surface area (Å²) in [5, 5.41) is 1.07. The first-order chi connectivity index (χ1) is 8.96. The molecule has 2 rings (SSSR count). The average Bonchev–Trinajstić information content (AvgIpc) is 2.38. The van der Waals surface area contributed by atoms with Crippen molar-refractivity contribution in [3.8, 4) is 5.75 Å². The zero-order valence-electron chi connectivity index (χ0n) is 12.2. The van der Waals surface area contributed by atoms with E-state index >= 15 is 0 Å². The minimum absolute atomic E-state index is 0.0763. The van der Waals surface area contributed by atoms with Crippen LogP contribution in [0.3, 0.4) is 0 Å². The number of hydrogen-bond acceptors (Lipinski definition) is 3. The Hall–Kier alpha value is -1.61. The van der Waals surface area contributed by atoms with Crippen molar-refractivity contribution in [3.05, 3.63) is 35.5 Å². The minimum atomic E-state index is 0.0763. The molecule has 0 fully saturated rings. The molecule has 19 heavy (non-hydrogen) atoms. The molecule has 0 bridgehead atoms. The molecule has 2 aromatic rings. The number of aromatic nitrogens is 1. The summed E-state index contributed by atoms with van der Waals surface area (Å²) in [4.78, 5) is 4.68. The van der Waals surface area contributed by atoms with Crippen molar-refractivity contribution in [3.63, 3.8) is 0 Å². The van der Waals surface area contributed by atoms with E-state index in [2.05, 4.69) is 37.0 Å². The number of pyridine rings is 1. The van der Waals surface area contributed by atoms with Gasteiger partial charge in [-0.15, -0.1) is 0 Å². The summed E-state index contributed by atoms with van der Waals surface area (Å²) in [7, 11) is 1.70. The van der Waals surface area contributed by atoms with Gasteiger partial charge in [0.25, 0.3) is 0 Å². The molecule has 1 heterocycles. The van der Waals surface area contributed by atoms with Gasteiger partial charge >= 0.3 is 0 Å². The van der Waals surface area contributed by atoms with E-state index in [1.807, 2.05) is 13.0 Å². The molecule has 0 saturated heterocycles. The first-order valence-electron chi connectivity index (χ1n) is 6.60. The number of para-hydroxylation sites is 1. The highest BCUT2D eigenvalue weighted by Crippen LogP contribution is 2.30. The SMILES string of the molecule is COc1cc(C)nc2c(CC(C)(C)CN)cccc12. The van der Waals surface area contributed by atoms with E-state index in [1.165, 1.54) is 5.56 Å². The molecule has 0 spiro atoms. The third-order valence-corrected chi connectivity index (χ3v) is 3.45. The molecule has 0 amide bonds. The van der Waals surface area contributed by atoms with Crippen LogP contribution < -0.4 is 10.5 Å². The quantitative estimate of drug-likeness (QED) is 0.916. The number of fused-ring (bicyclic) bond motifs is 1. The summed E-state index contributed by atoms with van der Waals surface area (Å²) in [6.07, 6.45) is 0.917. The number of methoxy groups -OCH3 is 1. The molecule has 0 aliphatic rings. The Morgan fingerprint density at radius 2 is 2.05 bits per heavy atom. The number of aryl methyl sites for hydroxylation is 1. The van der Waals surface area contributed by atoms with Crippen LogP contribution in [0, 0.1) is 12.3 Å². The van der Waals surface area contributed by atoms with Crippen molar-refractivity contribution in [1.29, 1.82) is 0 Å². The number of nitrogens with zero attached hydrogens (tertiary/aromatic N) is 1. The van der Waals surface area contributed by atoms with Gasteiger partial charge in [-0.25, -0.2) is 0 Å². The second kappa shape index (κ2) is 5.17. The van der Waals surface area contributed by atoms with Crippen molar-refractivity contribution >= 4 is 10.9 Å². The monoisotopic (exact) mass is 258 g/mol. The van der Waals surface area contributed by atoms with Crippen LogP contribution in [0.5, 0.6) is 5.75 Å². The number of rotatable bonds is 4. The summed E-state index contributed by atoms with van der Waals surface area (Å²) in [6.45, 7) is 7.01. The predicted octanol–water partition coefficient (Wildman–Crippen LogP) is 3.08. The van der Waals surface area contributed by atoms with E-state index in [4.69, 9.17) is 10.5 Å². The van der Waals surface area contributed by atoms with Crippen LogP contribution in [0.4, 0.5) is 0 Å². The third kappa shape index (κ3) is 2.87. The van der Waals surface area contributed by atoms with Crippen molar-refractivity contribution in [1.82, 2.24) is 4.98 Å². The van der Waals surface area contributed by atoms with Gasteiger partial charge in [-0.3, -0.25) is 4.98 Å². The van der Waals surface area contributed by atoms with E-state index in [0.717, 1.165) is 28.8 Å². The normalized spacial score (nSPS) is 11.8. The minimum Gasteiger partial charge on any atom is -0.496 e. The molecular weight excluding hydrogens is 236 g/mol. The highest BCUT2D eigenvalue weighted by molar-refractivity contribution is 5.87. The van der Waals surface area contributed by atoms with Gasteiger partial charge in [0, 0.05) is 17.1 Å². The van der Waals surface area contributed by atoms with Crippen LogP contribution in [0.15, 0.2) is 24.3 Å². The highest BCUT2D eigenvalue weighted by Gasteiger charge is 2.19. The summed E-state index contributed by atoms with van der Waals surface area (Å²) >= 11 is 0. The molecule has 2 N–H and O–H groups in total. The molecule has 102 valence electrons. The Morgan fingerprint density at radius 3 is 2.68 bits per heavy atom. The first kappa shape index (κ1) is 13.8. The van der Waals surface area contributed by atoms with Gasteiger partial charge in [0.1, 0.15) is 5.75 Å². The summed E-state index contributed by atoms with van der Waals surface area (Å²) < 4.78 is 5.46. The topological polar surface area (TPSA) is 48.1 Å². The molecular formula is C16H22N2O. The lowest BCUT2D eigenvalue weighted by Crippen LogP contribution is -2.26. The second-order valence-corrected chi connectivity index (χ2v) is 5.82. The van der Waals surface area contributed by atoms with Crippen LogP contribution >= 0.6 is 0 Å². The maximum Gasteiger partial charge on any atom is 0.130 e. The fourth-order valence-corrected chi connectivity index (χ4v) is 2.30. The lowest BCUT2D eigenvalue weighted by Gasteiger charge is -2.23. The van der Waals surface area contributed by atoms with Crippen LogP contribution in [0.2, 0.25) is 0 Å². The van der Waals surface area contributed by atoms with Gasteiger partial charge in [-0.05, 0) is 36.9 Å². The molecule has 0 unspecified atom stereocenters.